The summed E-state index contributed by atoms with van der Waals surface area (Å²) in [7, 11) is 0. The molecule has 2 aromatic carbocycles. The van der Waals surface area contributed by atoms with Crippen molar-refractivity contribution >= 4 is 34.8 Å². The predicted octanol–water partition coefficient (Wildman–Crippen LogP) is 5.52. The van der Waals surface area contributed by atoms with Gasteiger partial charge < -0.3 is 9.77 Å². The molecule has 3 rings (SSSR count). The third kappa shape index (κ3) is 7.09. The molecule has 0 spiro atoms. The van der Waals surface area contributed by atoms with Gasteiger partial charge in [-0.05, 0) is 41.8 Å². The van der Waals surface area contributed by atoms with E-state index in [2.05, 4.69) is 9.55 Å². The van der Waals surface area contributed by atoms with Gasteiger partial charge in [-0.3, -0.25) is 0 Å². The van der Waals surface area contributed by atoms with Crippen LogP contribution in [0, 0.1) is 10.1 Å². The summed E-state index contributed by atoms with van der Waals surface area (Å²) in [6, 6.07) is 13.6. The van der Waals surface area contributed by atoms with E-state index in [0.29, 0.717) is 10.0 Å². The fourth-order valence-corrected chi connectivity index (χ4v) is 3.35. The highest BCUT2D eigenvalue weighted by atomic mass is 35.5. The molecule has 1 aromatic heterocycles. The van der Waals surface area contributed by atoms with Crippen LogP contribution in [0.1, 0.15) is 17.0 Å². The van der Waals surface area contributed by atoms with Crippen molar-refractivity contribution in [2.75, 3.05) is 0 Å². The van der Waals surface area contributed by atoms with E-state index in [-0.39, 0.29) is 5.92 Å². The number of hydrogen-bond acceptors (Lipinski definition) is 3. The lowest BCUT2D eigenvalue weighted by Crippen LogP contribution is -2.11. The van der Waals surface area contributed by atoms with Crippen LogP contribution in [0.25, 0.3) is 0 Å². The molecule has 0 aliphatic rings. The van der Waals surface area contributed by atoms with Gasteiger partial charge in [0, 0.05) is 39.9 Å². The molecule has 142 valence electrons. The Labute approximate surface area is 171 Å². The third-order valence-electron chi connectivity index (χ3n) is 3.79. The van der Waals surface area contributed by atoms with Gasteiger partial charge in [0.1, 0.15) is 0 Å². The fraction of sp³-hybridized carbons (Fsp3) is 0.167. The first kappa shape index (κ1) is 21.0. The first-order chi connectivity index (χ1) is 12.8. The van der Waals surface area contributed by atoms with Crippen LogP contribution in [0.15, 0.2) is 61.2 Å². The van der Waals surface area contributed by atoms with Crippen LogP contribution in [0.2, 0.25) is 15.1 Å². The topological polar surface area (TPSA) is 81.2 Å². The summed E-state index contributed by atoms with van der Waals surface area (Å²) < 4.78 is 2.06. The Morgan fingerprint density at radius 1 is 1.11 bits per heavy atom. The molecule has 1 N–H and O–H groups in total. The normalized spacial score (nSPS) is 11.4. The van der Waals surface area contributed by atoms with Crippen LogP contribution >= 0.6 is 34.8 Å². The van der Waals surface area contributed by atoms with E-state index in [1.165, 1.54) is 5.56 Å². The molecule has 9 heteroatoms. The lowest BCUT2D eigenvalue weighted by atomic mass is 9.91. The van der Waals surface area contributed by atoms with Gasteiger partial charge in [0.15, 0.2) is 0 Å². The number of imidazole rings is 1. The molecule has 0 fully saturated rings. The van der Waals surface area contributed by atoms with Gasteiger partial charge in [-0.2, -0.15) is 0 Å². The van der Waals surface area contributed by atoms with Crippen molar-refractivity contribution in [3.05, 3.63) is 97.5 Å². The molecule has 6 nitrogen and oxygen atoms in total. The predicted molar refractivity (Wildman–Crippen MR) is 105 cm³/mol. The second-order valence-corrected chi connectivity index (χ2v) is 6.97. The summed E-state index contributed by atoms with van der Waals surface area (Å²) in [4.78, 5) is 12.5. The average Bonchev–Trinajstić information content (AvgIpc) is 3.09. The van der Waals surface area contributed by atoms with E-state index in [9.17, 15) is 0 Å². The second kappa shape index (κ2) is 10.2. The van der Waals surface area contributed by atoms with Crippen molar-refractivity contribution in [2.45, 2.75) is 18.9 Å². The monoisotopic (exact) mass is 427 g/mol. The molecule has 3 aromatic rings. The van der Waals surface area contributed by atoms with Gasteiger partial charge in [-0.1, -0.05) is 53.0 Å². The number of halogens is 3. The van der Waals surface area contributed by atoms with Gasteiger partial charge in [0.25, 0.3) is 5.09 Å². The van der Waals surface area contributed by atoms with E-state index in [4.69, 9.17) is 50.1 Å². The van der Waals surface area contributed by atoms with E-state index < -0.39 is 5.09 Å². The quantitative estimate of drug-likeness (QED) is 0.428. The number of nitrogens with zero attached hydrogens (tertiary/aromatic N) is 3. The summed E-state index contributed by atoms with van der Waals surface area (Å²) in [5.41, 5.74) is 2.30. The van der Waals surface area contributed by atoms with Crippen molar-refractivity contribution in [1.29, 1.82) is 0 Å². The lowest BCUT2D eigenvalue weighted by molar-refractivity contribution is -0.742. The Bertz CT molecular complexity index is 867. The van der Waals surface area contributed by atoms with E-state index in [0.717, 1.165) is 23.6 Å². The number of hydrogen-bond donors (Lipinski definition) is 1. The highest BCUT2D eigenvalue weighted by Crippen LogP contribution is 2.31. The molecule has 0 saturated carbocycles. The van der Waals surface area contributed by atoms with E-state index >= 15 is 0 Å². The molecule has 27 heavy (non-hydrogen) atoms. The van der Waals surface area contributed by atoms with Gasteiger partial charge in [-0.15, -0.1) is 10.1 Å². The second-order valence-electron chi connectivity index (χ2n) is 5.69. The Kier molecular flexibility index (Phi) is 7.91. The molecule has 0 aliphatic heterocycles. The van der Waals surface area contributed by atoms with Crippen molar-refractivity contribution < 1.29 is 10.3 Å². The van der Waals surface area contributed by atoms with Crippen molar-refractivity contribution in [3.8, 4) is 0 Å². The lowest BCUT2D eigenvalue weighted by Gasteiger charge is -2.20. The van der Waals surface area contributed by atoms with Gasteiger partial charge >= 0.3 is 0 Å². The smallest absolute Gasteiger partial charge is 0.291 e. The Morgan fingerprint density at radius 2 is 1.74 bits per heavy atom. The molecular weight excluding hydrogens is 413 g/mol. The van der Waals surface area contributed by atoms with Crippen molar-refractivity contribution in [2.24, 2.45) is 0 Å². The molecule has 1 atom stereocenters. The SMILES string of the molecule is Clc1ccc(CC(Cn2ccnc2)c2ccc(Cl)cc2Cl)cc1.O=[N+]([O-])O. The van der Waals surface area contributed by atoms with Gasteiger partial charge in [0.2, 0.25) is 0 Å². The molecule has 1 heterocycles. The minimum Gasteiger partial charge on any atom is -0.337 e. The zero-order chi connectivity index (χ0) is 19.8. The minimum absolute atomic E-state index is 0.218. The maximum Gasteiger partial charge on any atom is 0.291 e. The third-order valence-corrected chi connectivity index (χ3v) is 4.60. The summed E-state index contributed by atoms with van der Waals surface area (Å²) in [6.45, 7) is 0.796. The molecule has 0 amide bonds. The Morgan fingerprint density at radius 3 is 2.30 bits per heavy atom. The van der Waals surface area contributed by atoms with Crippen LogP contribution in [0.4, 0.5) is 0 Å². The maximum atomic E-state index is 8.36. The van der Waals surface area contributed by atoms with Crippen LogP contribution in [0.5, 0.6) is 0 Å². The molecule has 0 radical (unpaired) electrons. The molecule has 1 unspecified atom stereocenters. The summed E-state index contributed by atoms with van der Waals surface area (Å²) >= 11 is 18.4. The van der Waals surface area contributed by atoms with Crippen molar-refractivity contribution in [3.63, 3.8) is 0 Å². The molecule has 0 aliphatic carbocycles. The van der Waals surface area contributed by atoms with Crippen LogP contribution < -0.4 is 0 Å². The molecular formula is C18H16Cl3N3O3. The number of benzene rings is 2. The summed E-state index contributed by atoms with van der Waals surface area (Å²) in [5, 5.41) is 15.7. The highest BCUT2D eigenvalue weighted by molar-refractivity contribution is 6.35. The fourth-order valence-electron chi connectivity index (χ4n) is 2.66. The molecule has 0 saturated heterocycles. The average molecular weight is 429 g/mol. The summed E-state index contributed by atoms with van der Waals surface area (Å²) in [5.74, 6) is 0.218. The van der Waals surface area contributed by atoms with Crippen molar-refractivity contribution in [1.82, 2.24) is 9.55 Å². The number of aromatic nitrogens is 2. The molecule has 0 bridgehead atoms. The largest absolute Gasteiger partial charge is 0.337 e. The standard InChI is InChI=1S/C18H15Cl3N2.HNO3/c19-15-3-1-13(2-4-15)9-14(11-23-8-7-22-12-23)17-6-5-16(20)10-18(17)21;2-1(3)4/h1-8,10,12,14H,9,11H2;(H,2,3,4). The number of rotatable bonds is 5. The zero-order valence-corrected chi connectivity index (χ0v) is 16.3. The summed E-state index contributed by atoms with van der Waals surface area (Å²) in [6.07, 6.45) is 6.41. The van der Waals surface area contributed by atoms with Crippen LogP contribution in [-0.2, 0) is 13.0 Å². The van der Waals surface area contributed by atoms with Crippen LogP contribution in [0.3, 0.4) is 0 Å². The Balaban J connectivity index is 0.000000596. The minimum atomic E-state index is -1.50. The van der Waals surface area contributed by atoms with Crippen LogP contribution in [-0.4, -0.2) is 19.8 Å². The van der Waals surface area contributed by atoms with E-state index in [1.54, 1.807) is 12.3 Å². The zero-order valence-electron chi connectivity index (χ0n) is 14.0. The first-order valence-corrected chi connectivity index (χ1v) is 8.97. The first-order valence-electron chi connectivity index (χ1n) is 7.83. The van der Waals surface area contributed by atoms with Gasteiger partial charge in [0.05, 0.1) is 6.33 Å². The highest BCUT2D eigenvalue weighted by Gasteiger charge is 2.17. The maximum absolute atomic E-state index is 8.36. The van der Waals surface area contributed by atoms with Gasteiger partial charge in [-0.25, -0.2) is 4.98 Å². The van der Waals surface area contributed by atoms with E-state index in [1.807, 2.05) is 48.9 Å². The Hall–Kier alpha value is -2.28.